The van der Waals surface area contributed by atoms with Crippen molar-refractivity contribution in [3.05, 3.63) is 79.9 Å². The molecule has 0 unspecified atom stereocenters. The van der Waals surface area contributed by atoms with Crippen LogP contribution in [-0.4, -0.2) is 33.9 Å². The van der Waals surface area contributed by atoms with E-state index in [1.165, 1.54) is 0 Å². The molecule has 1 aliphatic carbocycles. The van der Waals surface area contributed by atoms with Gasteiger partial charge in [-0.1, -0.05) is 18.2 Å². The Kier molecular flexibility index (Phi) is 5.82. The van der Waals surface area contributed by atoms with Crippen LogP contribution in [0, 0.1) is 20.2 Å². The van der Waals surface area contributed by atoms with Crippen LogP contribution in [0.1, 0.15) is 40.0 Å². The summed E-state index contributed by atoms with van der Waals surface area (Å²) in [5.74, 6) is -1.27. The first-order valence-corrected chi connectivity index (χ1v) is 8.86. The van der Waals surface area contributed by atoms with E-state index >= 15 is 0 Å². The summed E-state index contributed by atoms with van der Waals surface area (Å²) in [6.45, 7) is 0. The second-order valence-corrected chi connectivity index (χ2v) is 6.54. The number of esters is 1. The van der Waals surface area contributed by atoms with Gasteiger partial charge in [0.05, 0.1) is 27.5 Å². The highest BCUT2D eigenvalue weighted by atomic mass is 16.6. The van der Waals surface area contributed by atoms with E-state index in [2.05, 4.69) is 5.32 Å². The molecular formula is C19H17N3O7. The van der Waals surface area contributed by atoms with E-state index in [9.17, 15) is 29.8 Å². The third-order valence-corrected chi connectivity index (χ3v) is 4.67. The zero-order valence-electron chi connectivity index (χ0n) is 15.1. The standard InChI is InChI=1S/C19H17N3O7/c23-18(14-10-9-13(21(25)26)11-16(14)22(27)28)20-15-7-4-8-17(15)29-19(24)12-5-2-1-3-6-12/h1-3,5-6,9-11,15,17H,4,7-8H2,(H,20,23)/t15-,17-/m1/s1. The maximum atomic E-state index is 12.6. The van der Waals surface area contributed by atoms with Gasteiger partial charge in [0.25, 0.3) is 17.3 Å². The predicted molar refractivity (Wildman–Crippen MR) is 101 cm³/mol. The quantitative estimate of drug-likeness (QED) is 0.447. The van der Waals surface area contributed by atoms with Crippen LogP contribution in [0.3, 0.4) is 0 Å². The Balaban J connectivity index is 1.73. The number of nitrogens with one attached hydrogen (secondary N) is 1. The lowest BCUT2D eigenvalue weighted by molar-refractivity contribution is -0.394. The number of amides is 1. The van der Waals surface area contributed by atoms with Crippen LogP contribution in [0.15, 0.2) is 48.5 Å². The fourth-order valence-electron chi connectivity index (χ4n) is 3.23. The summed E-state index contributed by atoms with van der Waals surface area (Å²) in [5, 5.41) is 24.7. The van der Waals surface area contributed by atoms with E-state index in [0.717, 1.165) is 18.2 Å². The summed E-state index contributed by atoms with van der Waals surface area (Å²) in [4.78, 5) is 45.3. The van der Waals surface area contributed by atoms with Crippen molar-refractivity contribution >= 4 is 23.3 Å². The van der Waals surface area contributed by atoms with Crippen molar-refractivity contribution in [2.45, 2.75) is 31.4 Å². The summed E-state index contributed by atoms with van der Waals surface area (Å²) in [7, 11) is 0. The molecule has 0 saturated heterocycles. The molecule has 0 aromatic heterocycles. The van der Waals surface area contributed by atoms with Gasteiger partial charge in [0.15, 0.2) is 0 Å². The second-order valence-electron chi connectivity index (χ2n) is 6.54. The molecule has 0 radical (unpaired) electrons. The summed E-state index contributed by atoms with van der Waals surface area (Å²) in [6.07, 6.45) is 1.23. The minimum atomic E-state index is -0.844. The number of carbonyl (C=O) groups excluding carboxylic acids is 2. The number of nitrogens with zero attached hydrogens (tertiary/aromatic N) is 2. The van der Waals surface area contributed by atoms with Crippen LogP contribution in [-0.2, 0) is 4.74 Å². The molecule has 1 aliphatic rings. The zero-order chi connectivity index (χ0) is 21.0. The third kappa shape index (κ3) is 4.54. The minimum absolute atomic E-state index is 0.291. The Bertz CT molecular complexity index is 962. The molecule has 0 bridgehead atoms. The number of non-ortho nitro benzene ring substituents is 1. The van der Waals surface area contributed by atoms with Crippen LogP contribution in [0.25, 0.3) is 0 Å². The fourth-order valence-corrected chi connectivity index (χ4v) is 3.23. The number of nitro groups is 2. The first-order chi connectivity index (χ1) is 13.9. The van der Waals surface area contributed by atoms with Crippen molar-refractivity contribution in [1.29, 1.82) is 0 Å². The summed E-state index contributed by atoms with van der Waals surface area (Å²) >= 11 is 0. The maximum absolute atomic E-state index is 12.6. The molecule has 3 rings (SSSR count). The summed E-state index contributed by atoms with van der Waals surface area (Å²) < 4.78 is 5.50. The van der Waals surface area contributed by atoms with E-state index < -0.39 is 45.2 Å². The predicted octanol–water partition coefficient (Wildman–Crippen LogP) is 3.01. The third-order valence-electron chi connectivity index (χ3n) is 4.67. The molecule has 2 atom stereocenters. The van der Waals surface area contributed by atoms with Crippen LogP contribution < -0.4 is 5.32 Å². The van der Waals surface area contributed by atoms with Crippen molar-refractivity contribution in [2.24, 2.45) is 0 Å². The number of carbonyl (C=O) groups is 2. The highest BCUT2D eigenvalue weighted by Crippen LogP contribution is 2.27. The topological polar surface area (TPSA) is 142 Å². The fraction of sp³-hybridized carbons (Fsp3) is 0.263. The Labute approximate surface area is 164 Å². The number of nitro benzene ring substituents is 2. The van der Waals surface area contributed by atoms with E-state index in [4.69, 9.17) is 4.74 Å². The van der Waals surface area contributed by atoms with Gasteiger partial charge in [0.2, 0.25) is 0 Å². The molecule has 29 heavy (non-hydrogen) atoms. The number of ether oxygens (including phenoxy) is 1. The van der Waals surface area contributed by atoms with E-state index in [1.807, 2.05) is 0 Å². The zero-order valence-corrected chi connectivity index (χ0v) is 15.1. The average molecular weight is 399 g/mol. The molecule has 10 heteroatoms. The lowest BCUT2D eigenvalue weighted by Crippen LogP contribution is -2.42. The van der Waals surface area contributed by atoms with Crippen molar-refractivity contribution in [2.75, 3.05) is 0 Å². The Hall–Kier alpha value is -3.82. The molecule has 10 nitrogen and oxygen atoms in total. The summed E-state index contributed by atoms with van der Waals surface area (Å²) in [6, 6.07) is 10.7. The van der Waals surface area contributed by atoms with Gasteiger partial charge in [-0.05, 0) is 37.5 Å². The van der Waals surface area contributed by atoms with Gasteiger partial charge in [-0.2, -0.15) is 0 Å². The van der Waals surface area contributed by atoms with Crippen LogP contribution in [0.4, 0.5) is 11.4 Å². The first kappa shape index (κ1) is 19.9. The van der Waals surface area contributed by atoms with Crippen LogP contribution >= 0.6 is 0 Å². The SMILES string of the molecule is O=C(O[C@@H]1CCC[C@H]1NC(=O)c1ccc([N+](=O)[O-])cc1[N+](=O)[O-])c1ccccc1. The van der Waals surface area contributed by atoms with Crippen molar-refractivity contribution in [3.63, 3.8) is 0 Å². The highest BCUT2D eigenvalue weighted by Gasteiger charge is 2.34. The van der Waals surface area contributed by atoms with Gasteiger partial charge < -0.3 is 10.1 Å². The average Bonchev–Trinajstić information content (AvgIpc) is 3.14. The Morgan fingerprint density at radius 2 is 1.72 bits per heavy atom. The molecule has 0 heterocycles. The highest BCUT2D eigenvalue weighted by molar-refractivity contribution is 5.98. The molecule has 1 N–H and O–H groups in total. The lowest BCUT2D eigenvalue weighted by Gasteiger charge is -2.21. The van der Waals surface area contributed by atoms with Crippen LogP contribution in [0.2, 0.25) is 0 Å². The largest absolute Gasteiger partial charge is 0.457 e. The molecular weight excluding hydrogens is 382 g/mol. The van der Waals surface area contributed by atoms with Crippen molar-refractivity contribution < 1.29 is 24.2 Å². The Morgan fingerprint density at radius 1 is 1.00 bits per heavy atom. The second kappa shape index (κ2) is 8.46. The number of hydrogen-bond donors (Lipinski definition) is 1. The lowest BCUT2D eigenvalue weighted by atomic mass is 10.1. The van der Waals surface area contributed by atoms with Gasteiger partial charge in [0.1, 0.15) is 11.7 Å². The molecule has 1 amide bonds. The minimum Gasteiger partial charge on any atom is -0.457 e. The summed E-state index contributed by atoms with van der Waals surface area (Å²) in [5.41, 5.74) is -1.05. The van der Waals surface area contributed by atoms with Gasteiger partial charge in [-0.3, -0.25) is 25.0 Å². The van der Waals surface area contributed by atoms with Gasteiger partial charge in [-0.25, -0.2) is 4.79 Å². The van der Waals surface area contributed by atoms with E-state index in [0.29, 0.717) is 24.8 Å². The Morgan fingerprint density at radius 3 is 2.38 bits per heavy atom. The monoisotopic (exact) mass is 399 g/mol. The molecule has 2 aromatic carbocycles. The molecule has 150 valence electrons. The normalized spacial score (nSPS) is 18.1. The molecule has 2 aromatic rings. The maximum Gasteiger partial charge on any atom is 0.338 e. The molecule has 1 saturated carbocycles. The molecule has 1 fully saturated rings. The molecule has 0 spiro atoms. The first-order valence-electron chi connectivity index (χ1n) is 8.86. The van der Waals surface area contributed by atoms with Gasteiger partial charge >= 0.3 is 5.97 Å². The van der Waals surface area contributed by atoms with Gasteiger partial charge in [0, 0.05) is 6.07 Å². The van der Waals surface area contributed by atoms with Crippen molar-refractivity contribution in [3.8, 4) is 0 Å². The van der Waals surface area contributed by atoms with E-state index in [-0.39, 0.29) is 5.56 Å². The number of hydrogen-bond acceptors (Lipinski definition) is 7. The van der Waals surface area contributed by atoms with Crippen LogP contribution in [0.5, 0.6) is 0 Å². The number of rotatable bonds is 6. The number of benzene rings is 2. The molecule has 0 aliphatic heterocycles. The van der Waals surface area contributed by atoms with E-state index in [1.54, 1.807) is 30.3 Å². The smallest absolute Gasteiger partial charge is 0.338 e. The van der Waals surface area contributed by atoms with Gasteiger partial charge in [-0.15, -0.1) is 0 Å². The van der Waals surface area contributed by atoms with Crippen molar-refractivity contribution in [1.82, 2.24) is 5.32 Å².